The molecule has 0 atom stereocenters. The van der Waals surface area contributed by atoms with Crippen LogP contribution in [0.25, 0.3) is 21.3 Å². The minimum Gasteiger partial charge on any atom is -0.487 e. The molecule has 1 aliphatic rings. The standard InChI is InChI=1S/C18H17FN2OS/c19-14-7-3-6-13(17(14)22-12-4-1-2-5-12)11-8-9-15-16(10-11)23-18(20)21-15/h3,6-10,12H,1-2,4-5H2,(H2,20,21). The molecule has 3 nitrogen and oxygen atoms in total. The third-order valence-electron chi connectivity index (χ3n) is 4.27. The number of halogens is 1. The van der Waals surface area contributed by atoms with E-state index in [1.807, 2.05) is 24.3 Å². The summed E-state index contributed by atoms with van der Waals surface area (Å²) in [4.78, 5) is 4.26. The summed E-state index contributed by atoms with van der Waals surface area (Å²) in [6.45, 7) is 0. The van der Waals surface area contributed by atoms with Gasteiger partial charge in [-0.05, 0) is 49.4 Å². The van der Waals surface area contributed by atoms with Crippen molar-refractivity contribution in [3.8, 4) is 16.9 Å². The van der Waals surface area contributed by atoms with Gasteiger partial charge >= 0.3 is 0 Å². The van der Waals surface area contributed by atoms with Crippen LogP contribution < -0.4 is 10.5 Å². The van der Waals surface area contributed by atoms with Gasteiger partial charge in [0, 0.05) is 5.56 Å². The molecular weight excluding hydrogens is 311 g/mol. The molecular formula is C18H17FN2OS. The van der Waals surface area contributed by atoms with Crippen LogP contribution in [0.1, 0.15) is 25.7 Å². The van der Waals surface area contributed by atoms with Crippen molar-refractivity contribution in [2.45, 2.75) is 31.8 Å². The molecule has 2 aromatic carbocycles. The molecule has 118 valence electrons. The lowest BCUT2D eigenvalue weighted by molar-refractivity contribution is 0.202. The van der Waals surface area contributed by atoms with E-state index in [9.17, 15) is 4.39 Å². The van der Waals surface area contributed by atoms with Gasteiger partial charge in [0.1, 0.15) is 0 Å². The number of fused-ring (bicyclic) bond motifs is 1. The highest BCUT2D eigenvalue weighted by Gasteiger charge is 2.21. The zero-order valence-corrected chi connectivity index (χ0v) is 13.4. The summed E-state index contributed by atoms with van der Waals surface area (Å²) in [6, 6.07) is 10.9. The Morgan fingerprint density at radius 2 is 2.00 bits per heavy atom. The van der Waals surface area contributed by atoms with Crippen LogP contribution in [0.15, 0.2) is 36.4 Å². The quantitative estimate of drug-likeness (QED) is 0.735. The van der Waals surface area contributed by atoms with E-state index in [0.29, 0.717) is 10.9 Å². The van der Waals surface area contributed by atoms with Gasteiger partial charge in [0.2, 0.25) is 0 Å². The highest BCUT2D eigenvalue weighted by molar-refractivity contribution is 7.22. The van der Waals surface area contributed by atoms with Crippen molar-refractivity contribution in [1.29, 1.82) is 0 Å². The monoisotopic (exact) mass is 328 g/mol. The molecule has 0 amide bonds. The first kappa shape index (κ1) is 14.5. The number of nitrogens with two attached hydrogens (primary N) is 1. The number of anilines is 1. The molecule has 0 unspecified atom stereocenters. The fourth-order valence-corrected chi connectivity index (χ4v) is 3.91. The Balaban J connectivity index is 1.78. The predicted molar refractivity (Wildman–Crippen MR) is 92.3 cm³/mol. The maximum atomic E-state index is 14.4. The fourth-order valence-electron chi connectivity index (χ4n) is 3.14. The maximum Gasteiger partial charge on any atom is 0.181 e. The Kier molecular flexibility index (Phi) is 3.65. The van der Waals surface area contributed by atoms with Crippen LogP contribution in [0.5, 0.6) is 5.75 Å². The van der Waals surface area contributed by atoms with Gasteiger partial charge in [-0.25, -0.2) is 9.37 Å². The first-order chi connectivity index (χ1) is 11.2. The molecule has 0 aliphatic heterocycles. The zero-order valence-electron chi connectivity index (χ0n) is 12.6. The molecule has 3 aromatic rings. The van der Waals surface area contributed by atoms with E-state index in [1.54, 1.807) is 6.07 Å². The molecule has 0 saturated heterocycles. The van der Waals surface area contributed by atoms with Gasteiger partial charge in [-0.1, -0.05) is 29.5 Å². The second-order valence-corrected chi connectivity index (χ2v) is 6.94. The summed E-state index contributed by atoms with van der Waals surface area (Å²) in [5.74, 6) is 0.0505. The van der Waals surface area contributed by atoms with Gasteiger partial charge in [-0.3, -0.25) is 0 Å². The molecule has 23 heavy (non-hydrogen) atoms. The molecule has 1 fully saturated rings. The second-order valence-electron chi connectivity index (χ2n) is 5.88. The molecule has 5 heteroatoms. The van der Waals surface area contributed by atoms with Crippen LogP contribution in [0.4, 0.5) is 9.52 Å². The van der Waals surface area contributed by atoms with Crippen LogP contribution in [-0.2, 0) is 0 Å². The van der Waals surface area contributed by atoms with Crippen LogP contribution in [0.2, 0.25) is 0 Å². The summed E-state index contributed by atoms with van der Waals surface area (Å²) in [7, 11) is 0. The van der Waals surface area contributed by atoms with Gasteiger partial charge in [-0.2, -0.15) is 0 Å². The zero-order chi connectivity index (χ0) is 15.8. The summed E-state index contributed by atoms with van der Waals surface area (Å²) in [6.07, 6.45) is 4.42. The first-order valence-corrected chi connectivity index (χ1v) is 8.64. The highest BCUT2D eigenvalue weighted by atomic mass is 32.1. The summed E-state index contributed by atoms with van der Waals surface area (Å²) >= 11 is 1.44. The van der Waals surface area contributed by atoms with Gasteiger partial charge in [0.25, 0.3) is 0 Å². The van der Waals surface area contributed by atoms with Crippen molar-refractivity contribution in [1.82, 2.24) is 4.98 Å². The average Bonchev–Trinajstić information content (AvgIpc) is 3.16. The number of nitrogen functional groups attached to an aromatic ring is 1. The molecule has 1 aromatic heterocycles. The lowest BCUT2D eigenvalue weighted by Gasteiger charge is -2.17. The first-order valence-electron chi connectivity index (χ1n) is 7.82. The summed E-state index contributed by atoms with van der Waals surface area (Å²) in [5.41, 5.74) is 8.34. The average molecular weight is 328 g/mol. The summed E-state index contributed by atoms with van der Waals surface area (Å²) < 4.78 is 21.3. The molecule has 0 radical (unpaired) electrons. The number of hydrogen-bond donors (Lipinski definition) is 1. The van der Waals surface area contributed by atoms with E-state index in [0.717, 1.165) is 47.0 Å². The van der Waals surface area contributed by atoms with Crippen LogP contribution in [0.3, 0.4) is 0 Å². The molecule has 1 aliphatic carbocycles. The van der Waals surface area contributed by atoms with E-state index >= 15 is 0 Å². The smallest absolute Gasteiger partial charge is 0.181 e. The predicted octanol–water partition coefficient (Wildman–Crippen LogP) is 5.01. The normalized spacial score (nSPS) is 15.3. The minimum atomic E-state index is -0.307. The Labute approximate surface area is 137 Å². The number of rotatable bonds is 3. The molecule has 1 heterocycles. The van der Waals surface area contributed by atoms with E-state index < -0.39 is 0 Å². The number of aromatic nitrogens is 1. The van der Waals surface area contributed by atoms with E-state index in [1.165, 1.54) is 17.4 Å². The van der Waals surface area contributed by atoms with Gasteiger partial charge in [0.05, 0.1) is 16.3 Å². The maximum absolute atomic E-state index is 14.4. The van der Waals surface area contributed by atoms with E-state index in [-0.39, 0.29) is 11.9 Å². The van der Waals surface area contributed by atoms with E-state index in [4.69, 9.17) is 10.5 Å². The number of benzene rings is 2. The molecule has 2 N–H and O–H groups in total. The van der Waals surface area contributed by atoms with Crippen molar-refractivity contribution in [2.24, 2.45) is 0 Å². The van der Waals surface area contributed by atoms with Crippen molar-refractivity contribution in [3.63, 3.8) is 0 Å². The van der Waals surface area contributed by atoms with Gasteiger partial charge < -0.3 is 10.5 Å². The molecule has 0 spiro atoms. The molecule has 4 rings (SSSR count). The molecule has 1 saturated carbocycles. The Bertz CT molecular complexity index is 855. The number of hydrogen-bond acceptors (Lipinski definition) is 4. The topological polar surface area (TPSA) is 48.1 Å². The third kappa shape index (κ3) is 2.77. The number of thiazole rings is 1. The van der Waals surface area contributed by atoms with Crippen molar-refractivity contribution in [2.75, 3.05) is 5.73 Å². The lowest BCUT2D eigenvalue weighted by atomic mass is 10.0. The van der Waals surface area contributed by atoms with Crippen LogP contribution >= 0.6 is 11.3 Å². The summed E-state index contributed by atoms with van der Waals surface area (Å²) in [5, 5.41) is 0.541. The Morgan fingerprint density at radius 1 is 1.17 bits per heavy atom. The third-order valence-corrected chi connectivity index (χ3v) is 5.12. The van der Waals surface area contributed by atoms with Crippen molar-refractivity contribution >= 4 is 26.7 Å². The highest BCUT2D eigenvalue weighted by Crippen LogP contribution is 2.37. The van der Waals surface area contributed by atoms with Gasteiger partial charge in [0.15, 0.2) is 16.7 Å². The van der Waals surface area contributed by atoms with E-state index in [2.05, 4.69) is 4.98 Å². The minimum absolute atomic E-state index is 0.119. The Morgan fingerprint density at radius 3 is 2.83 bits per heavy atom. The van der Waals surface area contributed by atoms with Crippen molar-refractivity contribution < 1.29 is 9.13 Å². The second kappa shape index (κ2) is 5.81. The number of para-hydroxylation sites is 1. The van der Waals surface area contributed by atoms with Crippen molar-refractivity contribution in [3.05, 3.63) is 42.2 Å². The largest absolute Gasteiger partial charge is 0.487 e. The van der Waals surface area contributed by atoms with Gasteiger partial charge in [-0.15, -0.1) is 0 Å². The SMILES string of the molecule is Nc1nc2ccc(-c3cccc(F)c3OC3CCCC3)cc2s1. The van der Waals surface area contributed by atoms with Crippen LogP contribution in [0, 0.1) is 5.82 Å². The molecule has 0 bridgehead atoms. The Hall–Kier alpha value is -2.14. The lowest BCUT2D eigenvalue weighted by Crippen LogP contribution is -2.12. The number of ether oxygens (including phenoxy) is 1. The fraction of sp³-hybridized carbons (Fsp3) is 0.278. The van der Waals surface area contributed by atoms with Crippen LogP contribution in [-0.4, -0.2) is 11.1 Å². The number of nitrogens with zero attached hydrogens (tertiary/aromatic N) is 1.